The number of rotatable bonds is 5. The van der Waals surface area contributed by atoms with Gasteiger partial charge in [-0.05, 0) is 38.7 Å². The van der Waals surface area contributed by atoms with Crippen LogP contribution >= 0.6 is 0 Å². The molecule has 2 N–H and O–H groups in total. The van der Waals surface area contributed by atoms with Crippen molar-refractivity contribution in [3.05, 3.63) is 64.6 Å². The van der Waals surface area contributed by atoms with Gasteiger partial charge in [-0.2, -0.15) is 0 Å². The fourth-order valence-electron chi connectivity index (χ4n) is 3.67. The number of amides is 1. The van der Waals surface area contributed by atoms with Crippen LogP contribution in [0.2, 0.25) is 0 Å². The van der Waals surface area contributed by atoms with E-state index in [4.69, 9.17) is 0 Å². The molecule has 4 rings (SSSR count). The van der Waals surface area contributed by atoms with E-state index in [1.54, 1.807) is 15.5 Å². The van der Waals surface area contributed by atoms with Gasteiger partial charge in [-0.15, -0.1) is 0 Å². The largest absolute Gasteiger partial charge is 0.504 e. The number of aromatic nitrogens is 2. The van der Waals surface area contributed by atoms with Gasteiger partial charge < -0.3 is 19.5 Å². The Morgan fingerprint density at radius 1 is 1.21 bits per heavy atom. The zero-order chi connectivity index (χ0) is 19.8. The predicted molar refractivity (Wildman–Crippen MR) is 107 cm³/mol. The highest BCUT2D eigenvalue weighted by Crippen LogP contribution is 2.32. The molecule has 0 spiro atoms. The number of fused-ring (bicyclic) bond motifs is 1. The number of aliphatic hydroxyl groups is 1. The van der Waals surface area contributed by atoms with Gasteiger partial charge in [0.2, 0.25) is 0 Å². The number of aromatic hydroxyl groups is 1. The number of hydrogen-bond donors (Lipinski definition) is 2. The zero-order valence-electron chi connectivity index (χ0n) is 16.2. The van der Waals surface area contributed by atoms with Gasteiger partial charge in [0, 0.05) is 30.5 Å². The first-order valence-corrected chi connectivity index (χ1v) is 9.69. The van der Waals surface area contributed by atoms with Crippen LogP contribution in [-0.4, -0.2) is 43.5 Å². The van der Waals surface area contributed by atoms with Crippen LogP contribution in [0.3, 0.4) is 0 Å². The van der Waals surface area contributed by atoms with Crippen molar-refractivity contribution in [3.63, 3.8) is 0 Å². The molecular formula is C22H25N3O3. The van der Waals surface area contributed by atoms with Crippen LogP contribution in [0.1, 0.15) is 51.8 Å². The normalized spacial score (nSPS) is 14.9. The lowest BCUT2D eigenvalue weighted by atomic mass is 9.97. The SMILES string of the molecule is Cc1nc2c(O)c(CC[C@@H](O)c3ccccc3)c(C(=O)N3CCC3)cn2c1C. The Hall–Kier alpha value is -2.86. The van der Waals surface area contributed by atoms with Gasteiger partial charge >= 0.3 is 0 Å². The van der Waals surface area contributed by atoms with E-state index in [-0.39, 0.29) is 11.7 Å². The minimum atomic E-state index is -0.660. The average molecular weight is 379 g/mol. The summed E-state index contributed by atoms with van der Waals surface area (Å²) in [6.45, 7) is 5.29. The summed E-state index contributed by atoms with van der Waals surface area (Å²) in [5, 5.41) is 21.5. The van der Waals surface area contributed by atoms with Crippen LogP contribution in [-0.2, 0) is 6.42 Å². The van der Waals surface area contributed by atoms with Crippen molar-refractivity contribution in [1.29, 1.82) is 0 Å². The van der Waals surface area contributed by atoms with Crippen LogP contribution in [0.4, 0.5) is 0 Å². The minimum absolute atomic E-state index is 0.0304. The standard InChI is InChI=1S/C22H25N3O3/c1-14-15(2)25-13-18(22(28)24-11-6-12-24)17(20(27)21(25)23-14)9-10-19(26)16-7-4-3-5-8-16/h3-5,7-8,13,19,26-27H,6,9-12H2,1-2H3/t19-/m1/s1. The Morgan fingerprint density at radius 2 is 1.93 bits per heavy atom. The lowest BCUT2D eigenvalue weighted by molar-refractivity contribution is 0.0649. The molecule has 1 aliphatic heterocycles. The maximum Gasteiger partial charge on any atom is 0.255 e. The number of hydrogen-bond acceptors (Lipinski definition) is 4. The number of carbonyl (C=O) groups is 1. The van der Waals surface area contributed by atoms with Gasteiger partial charge in [-0.25, -0.2) is 4.98 Å². The van der Waals surface area contributed by atoms with E-state index < -0.39 is 6.10 Å². The van der Waals surface area contributed by atoms with Crippen molar-refractivity contribution in [1.82, 2.24) is 14.3 Å². The molecule has 3 heterocycles. The smallest absolute Gasteiger partial charge is 0.255 e. The quantitative estimate of drug-likeness (QED) is 0.714. The number of benzene rings is 1. The summed E-state index contributed by atoms with van der Waals surface area (Å²) in [6.07, 6.45) is 2.93. The van der Waals surface area contributed by atoms with E-state index in [1.807, 2.05) is 44.2 Å². The Morgan fingerprint density at radius 3 is 2.57 bits per heavy atom. The number of nitrogens with zero attached hydrogens (tertiary/aromatic N) is 3. The highest BCUT2D eigenvalue weighted by atomic mass is 16.3. The summed E-state index contributed by atoms with van der Waals surface area (Å²) < 4.78 is 1.79. The molecule has 1 fully saturated rings. The fourth-order valence-corrected chi connectivity index (χ4v) is 3.67. The number of likely N-dealkylation sites (tertiary alicyclic amines) is 1. The lowest BCUT2D eigenvalue weighted by Crippen LogP contribution is -2.42. The molecule has 6 heteroatoms. The van der Waals surface area contributed by atoms with Crippen molar-refractivity contribution in [2.45, 2.75) is 39.2 Å². The summed E-state index contributed by atoms with van der Waals surface area (Å²) in [5.41, 5.74) is 4.05. The van der Waals surface area contributed by atoms with E-state index in [0.717, 1.165) is 36.5 Å². The van der Waals surface area contributed by atoms with Crippen molar-refractivity contribution in [2.24, 2.45) is 0 Å². The molecule has 6 nitrogen and oxygen atoms in total. The number of aryl methyl sites for hydroxylation is 2. The van der Waals surface area contributed by atoms with Gasteiger partial charge in [-0.3, -0.25) is 4.79 Å². The molecule has 1 aliphatic rings. The van der Waals surface area contributed by atoms with Crippen LogP contribution in [0.15, 0.2) is 36.5 Å². The lowest BCUT2D eigenvalue weighted by Gasteiger charge is -2.31. The molecular weight excluding hydrogens is 354 g/mol. The molecule has 1 atom stereocenters. The molecule has 0 bridgehead atoms. The fraction of sp³-hybridized carbons (Fsp3) is 0.364. The second kappa shape index (κ2) is 7.28. The number of pyridine rings is 1. The molecule has 0 radical (unpaired) electrons. The summed E-state index contributed by atoms with van der Waals surface area (Å²) in [4.78, 5) is 19.2. The van der Waals surface area contributed by atoms with Crippen molar-refractivity contribution in [2.75, 3.05) is 13.1 Å². The first-order valence-electron chi connectivity index (χ1n) is 9.69. The third-order valence-electron chi connectivity index (χ3n) is 5.69. The molecule has 28 heavy (non-hydrogen) atoms. The Labute approximate surface area is 164 Å². The third-order valence-corrected chi connectivity index (χ3v) is 5.69. The molecule has 2 aromatic heterocycles. The first-order chi connectivity index (χ1) is 13.5. The van der Waals surface area contributed by atoms with Crippen LogP contribution in [0.5, 0.6) is 5.75 Å². The van der Waals surface area contributed by atoms with Gasteiger partial charge in [0.15, 0.2) is 11.4 Å². The Kier molecular flexibility index (Phi) is 4.81. The maximum atomic E-state index is 13.0. The van der Waals surface area contributed by atoms with E-state index in [2.05, 4.69) is 4.98 Å². The van der Waals surface area contributed by atoms with Crippen LogP contribution < -0.4 is 0 Å². The highest BCUT2D eigenvalue weighted by molar-refractivity contribution is 5.97. The summed E-state index contributed by atoms with van der Waals surface area (Å²) in [6, 6.07) is 9.43. The molecule has 0 aliphatic carbocycles. The van der Waals surface area contributed by atoms with Gasteiger partial charge in [0.05, 0.1) is 17.4 Å². The Bertz CT molecular complexity index is 1020. The van der Waals surface area contributed by atoms with E-state index >= 15 is 0 Å². The average Bonchev–Trinajstić information content (AvgIpc) is 2.94. The molecule has 3 aromatic rings. The van der Waals surface area contributed by atoms with E-state index in [1.165, 1.54) is 0 Å². The highest BCUT2D eigenvalue weighted by Gasteiger charge is 2.27. The molecule has 0 saturated carbocycles. The minimum Gasteiger partial charge on any atom is -0.504 e. The molecule has 0 unspecified atom stereocenters. The molecule has 146 valence electrons. The number of carbonyl (C=O) groups excluding carboxylic acids is 1. The molecule has 1 saturated heterocycles. The Balaban J connectivity index is 1.72. The topological polar surface area (TPSA) is 78.1 Å². The van der Waals surface area contributed by atoms with Gasteiger partial charge in [0.25, 0.3) is 5.91 Å². The van der Waals surface area contributed by atoms with Crippen LogP contribution in [0.25, 0.3) is 5.65 Å². The van der Waals surface area contributed by atoms with Gasteiger partial charge in [-0.1, -0.05) is 30.3 Å². The predicted octanol–water partition coefficient (Wildman–Crippen LogP) is 3.17. The summed E-state index contributed by atoms with van der Waals surface area (Å²) >= 11 is 0. The monoisotopic (exact) mass is 379 g/mol. The number of aliphatic hydroxyl groups excluding tert-OH is 1. The van der Waals surface area contributed by atoms with E-state index in [0.29, 0.717) is 29.6 Å². The number of imidazole rings is 1. The van der Waals surface area contributed by atoms with Crippen LogP contribution in [0, 0.1) is 13.8 Å². The maximum absolute atomic E-state index is 13.0. The van der Waals surface area contributed by atoms with Crippen molar-refractivity contribution >= 4 is 11.6 Å². The van der Waals surface area contributed by atoms with E-state index in [9.17, 15) is 15.0 Å². The third kappa shape index (κ3) is 3.14. The summed E-state index contributed by atoms with van der Waals surface area (Å²) in [7, 11) is 0. The second-order valence-electron chi connectivity index (χ2n) is 7.46. The van der Waals surface area contributed by atoms with Crippen molar-refractivity contribution < 1.29 is 15.0 Å². The van der Waals surface area contributed by atoms with Gasteiger partial charge in [0.1, 0.15) is 0 Å². The zero-order valence-corrected chi connectivity index (χ0v) is 16.2. The summed E-state index contributed by atoms with van der Waals surface area (Å²) in [5.74, 6) is -0.0405. The molecule has 1 aromatic carbocycles. The molecule has 1 amide bonds. The first kappa shape index (κ1) is 18.5. The van der Waals surface area contributed by atoms with Crippen molar-refractivity contribution in [3.8, 4) is 5.75 Å². The second-order valence-corrected chi connectivity index (χ2v) is 7.46.